The minimum atomic E-state index is -0.467. The molecule has 0 saturated heterocycles. The van der Waals surface area contributed by atoms with Gasteiger partial charge in [0.05, 0.1) is 18.4 Å². The normalized spacial score (nSPS) is 10.8. The quantitative estimate of drug-likeness (QED) is 0.765. The third kappa shape index (κ3) is 3.23. The number of amides is 1. The molecule has 0 spiro atoms. The fourth-order valence-corrected chi connectivity index (χ4v) is 2.46. The Morgan fingerprint density at radius 3 is 2.92 bits per heavy atom. The minimum Gasteiger partial charge on any atom is -0.489 e. The standard InChI is InChI=1S/C17H16FN3O4/c1-10-13(14-15(22)19-9-20-16(14)25-10)17(23)21(2)7-8-24-12-6-4-3-5-11(12)18/h3-6,9H,7-8H2,1-2H3,(H,19,20,22). The Morgan fingerprint density at radius 2 is 2.16 bits per heavy atom. The smallest absolute Gasteiger partial charge is 0.262 e. The van der Waals surface area contributed by atoms with Crippen molar-refractivity contribution < 1.29 is 18.3 Å². The topological polar surface area (TPSA) is 88.4 Å². The van der Waals surface area contributed by atoms with E-state index in [-0.39, 0.29) is 35.6 Å². The maximum absolute atomic E-state index is 13.5. The first-order valence-corrected chi connectivity index (χ1v) is 7.58. The van der Waals surface area contributed by atoms with Gasteiger partial charge in [-0.15, -0.1) is 0 Å². The van der Waals surface area contributed by atoms with E-state index in [1.165, 1.54) is 23.4 Å². The van der Waals surface area contributed by atoms with Gasteiger partial charge in [-0.05, 0) is 19.1 Å². The lowest BCUT2D eigenvalue weighted by Gasteiger charge is -2.17. The molecule has 0 unspecified atom stereocenters. The molecule has 7 nitrogen and oxygen atoms in total. The van der Waals surface area contributed by atoms with E-state index in [1.54, 1.807) is 26.1 Å². The molecule has 8 heteroatoms. The Labute approximate surface area is 142 Å². The number of benzene rings is 1. The van der Waals surface area contributed by atoms with E-state index in [0.29, 0.717) is 5.76 Å². The predicted molar refractivity (Wildman–Crippen MR) is 88.2 cm³/mol. The summed E-state index contributed by atoms with van der Waals surface area (Å²) in [5.41, 5.74) is -0.167. The number of carbonyl (C=O) groups excluding carboxylic acids is 1. The highest BCUT2D eigenvalue weighted by molar-refractivity contribution is 6.06. The number of furan rings is 1. The molecule has 1 aromatic carbocycles. The third-order valence-corrected chi connectivity index (χ3v) is 3.75. The summed E-state index contributed by atoms with van der Waals surface area (Å²) in [5, 5.41) is 0.117. The van der Waals surface area contributed by atoms with Crippen molar-refractivity contribution in [2.75, 3.05) is 20.2 Å². The number of aryl methyl sites for hydroxylation is 1. The number of para-hydroxylation sites is 1. The minimum absolute atomic E-state index is 0.104. The van der Waals surface area contributed by atoms with E-state index in [9.17, 15) is 14.0 Å². The van der Waals surface area contributed by atoms with Crippen LogP contribution in [0.15, 0.2) is 39.8 Å². The Morgan fingerprint density at radius 1 is 1.40 bits per heavy atom. The van der Waals surface area contributed by atoms with Crippen molar-refractivity contribution in [2.24, 2.45) is 0 Å². The molecule has 130 valence electrons. The van der Waals surface area contributed by atoms with Gasteiger partial charge in [0.1, 0.15) is 17.8 Å². The second-order valence-electron chi connectivity index (χ2n) is 5.45. The van der Waals surface area contributed by atoms with Crippen LogP contribution in [-0.4, -0.2) is 41.0 Å². The zero-order valence-electron chi connectivity index (χ0n) is 13.7. The number of nitrogens with one attached hydrogen (secondary N) is 1. The first-order valence-electron chi connectivity index (χ1n) is 7.58. The van der Waals surface area contributed by atoms with Crippen LogP contribution in [0.4, 0.5) is 4.39 Å². The molecular formula is C17H16FN3O4. The van der Waals surface area contributed by atoms with E-state index in [4.69, 9.17) is 9.15 Å². The van der Waals surface area contributed by atoms with Gasteiger partial charge < -0.3 is 19.0 Å². The van der Waals surface area contributed by atoms with Crippen LogP contribution in [0.5, 0.6) is 5.75 Å². The number of carbonyl (C=O) groups is 1. The molecular weight excluding hydrogens is 329 g/mol. The number of hydrogen-bond donors (Lipinski definition) is 1. The van der Waals surface area contributed by atoms with Crippen molar-refractivity contribution in [1.29, 1.82) is 0 Å². The Hall–Kier alpha value is -3.16. The largest absolute Gasteiger partial charge is 0.489 e. The van der Waals surface area contributed by atoms with Crippen molar-refractivity contribution in [3.05, 3.63) is 58.1 Å². The second kappa shape index (κ2) is 6.76. The van der Waals surface area contributed by atoms with Crippen LogP contribution in [0.25, 0.3) is 11.1 Å². The summed E-state index contributed by atoms with van der Waals surface area (Å²) in [6.45, 7) is 1.90. The number of likely N-dealkylation sites (N-methyl/N-ethyl adjacent to an activating group) is 1. The Balaban J connectivity index is 1.74. The molecule has 0 saturated carbocycles. The van der Waals surface area contributed by atoms with Gasteiger partial charge in [-0.25, -0.2) is 9.37 Å². The average molecular weight is 345 g/mol. The molecule has 0 fully saturated rings. The van der Waals surface area contributed by atoms with Gasteiger partial charge in [-0.2, -0.15) is 0 Å². The molecule has 1 N–H and O–H groups in total. The molecule has 2 heterocycles. The van der Waals surface area contributed by atoms with Crippen LogP contribution in [0.2, 0.25) is 0 Å². The Kier molecular flexibility index (Phi) is 4.51. The fourth-order valence-electron chi connectivity index (χ4n) is 2.46. The molecule has 0 aliphatic heterocycles. The lowest BCUT2D eigenvalue weighted by Crippen LogP contribution is -2.31. The maximum Gasteiger partial charge on any atom is 0.262 e. The highest BCUT2D eigenvalue weighted by Gasteiger charge is 2.24. The molecule has 2 aromatic heterocycles. The van der Waals surface area contributed by atoms with Gasteiger partial charge in [0.2, 0.25) is 5.71 Å². The fraction of sp³-hybridized carbons (Fsp3) is 0.235. The highest BCUT2D eigenvalue weighted by atomic mass is 19.1. The van der Waals surface area contributed by atoms with Crippen molar-refractivity contribution in [2.45, 2.75) is 6.92 Å². The van der Waals surface area contributed by atoms with Crippen LogP contribution in [0, 0.1) is 12.7 Å². The van der Waals surface area contributed by atoms with Crippen molar-refractivity contribution in [3.8, 4) is 5.75 Å². The molecule has 0 atom stereocenters. The molecule has 0 aliphatic carbocycles. The van der Waals surface area contributed by atoms with Gasteiger partial charge in [-0.1, -0.05) is 12.1 Å². The molecule has 0 radical (unpaired) electrons. The number of nitrogens with zero attached hydrogens (tertiary/aromatic N) is 2. The zero-order chi connectivity index (χ0) is 18.0. The highest BCUT2D eigenvalue weighted by Crippen LogP contribution is 2.22. The molecule has 0 bridgehead atoms. The van der Waals surface area contributed by atoms with Crippen molar-refractivity contribution in [3.63, 3.8) is 0 Å². The second-order valence-corrected chi connectivity index (χ2v) is 5.45. The van der Waals surface area contributed by atoms with E-state index >= 15 is 0 Å². The number of hydrogen-bond acceptors (Lipinski definition) is 5. The number of aromatic amines is 1. The lowest BCUT2D eigenvalue weighted by atomic mass is 10.1. The van der Waals surface area contributed by atoms with Crippen LogP contribution < -0.4 is 10.3 Å². The van der Waals surface area contributed by atoms with Gasteiger partial charge in [0.15, 0.2) is 11.6 Å². The summed E-state index contributed by atoms with van der Waals surface area (Å²) in [7, 11) is 1.57. The molecule has 1 amide bonds. The first-order chi connectivity index (χ1) is 12.0. The zero-order valence-corrected chi connectivity index (χ0v) is 13.7. The number of rotatable bonds is 5. The molecule has 25 heavy (non-hydrogen) atoms. The van der Waals surface area contributed by atoms with Crippen LogP contribution in [0.3, 0.4) is 0 Å². The van der Waals surface area contributed by atoms with E-state index in [2.05, 4.69) is 9.97 Å². The van der Waals surface area contributed by atoms with Crippen LogP contribution in [0.1, 0.15) is 16.1 Å². The number of fused-ring (bicyclic) bond motifs is 1. The maximum atomic E-state index is 13.5. The SMILES string of the molecule is Cc1oc2nc[nH]c(=O)c2c1C(=O)N(C)CCOc1ccccc1F. The van der Waals surface area contributed by atoms with E-state index in [0.717, 1.165) is 0 Å². The van der Waals surface area contributed by atoms with E-state index < -0.39 is 17.3 Å². The lowest BCUT2D eigenvalue weighted by molar-refractivity contribution is 0.0772. The first kappa shape index (κ1) is 16.7. The van der Waals surface area contributed by atoms with Crippen molar-refractivity contribution in [1.82, 2.24) is 14.9 Å². The summed E-state index contributed by atoms with van der Waals surface area (Å²) >= 11 is 0. The number of halogens is 1. The van der Waals surface area contributed by atoms with Gasteiger partial charge in [0, 0.05) is 7.05 Å². The summed E-state index contributed by atoms with van der Waals surface area (Å²) in [5.74, 6) is -0.433. The average Bonchev–Trinajstić information content (AvgIpc) is 2.93. The summed E-state index contributed by atoms with van der Waals surface area (Å²) < 4.78 is 24.2. The molecule has 3 rings (SSSR count). The van der Waals surface area contributed by atoms with E-state index in [1.807, 2.05) is 0 Å². The van der Waals surface area contributed by atoms with Gasteiger partial charge >= 0.3 is 0 Å². The number of ether oxygens (including phenoxy) is 1. The number of aromatic nitrogens is 2. The number of H-pyrrole nitrogens is 1. The molecule has 3 aromatic rings. The summed E-state index contributed by atoms with van der Waals surface area (Å²) in [6, 6.07) is 6.03. The van der Waals surface area contributed by atoms with Crippen LogP contribution >= 0.6 is 0 Å². The monoisotopic (exact) mass is 345 g/mol. The van der Waals surface area contributed by atoms with Crippen molar-refractivity contribution >= 4 is 17.0 Å². The Bertz CT molecular complexity index is 979. The van der Waals surface area contributed by atoms with Crippen LogP contribution in [-0.2, 0) is 0 Å². The summed E-state index contributed by atoms with van der Waals surface area (Å²) in [6.07, 6.45) is 1.22. The summed E-state index contributed by atoms with van der Waals surface area (Å²) in [4.78, 5) is 32.4. The van der Waals surface area contributed by atoms with Gasteiger partial charge in [0.25, 0.3) is 11.5 Å². The molecule has 0 aliphatic rings. The predicted octanol–water partition coefficient (Wildman–Crippen LogP) is 2.11. The van der Waals surface area contributed by atoms with Gasteiger partial charge in [-0.3, -0.25) is 9.59 Å². The third-order valence-electron chi connectivity index (χ3n) is 3.75.